The lowest BCUT2D eigenvalue weighted by Gasteiger charge is -2.35. The van der Waals surface area contributed by atoms with Gasteiger partial charge in [0.2, 0.25) is 0 Å². The maximum absolute atomic E-state index is 13.9. The van der Waals surface area contributed by atoms with Crippen LogP contribution in [0, 0.1) is 26.6 Å². The van der Waals surface area contributed by atoms with E-state index in [2.05, 4.69) is 25.3 Å². The van der Waals surface area contributed by atoms with Crippen molar-refractivity contribution < 1.29 is 14.0 Å². The van der Waals surface area contributed by atoms with Crippen molar-refractivity contribution in [2.45, 2.75) is 46.1 Å². The Morgan fingerprint density at radius 3 is 2.45 bits per heavy atom. The molecular formula is C24H25FN6O2. The summed E-state index contributed by atoms with van der Waals surface area (Å²) in [5.41, 5.74) is 1.89. The Bertz CT molecular complexity index is 1220. The Morgan fingerprint density at radius 2 is 1.73 bits per heavy atom. The van der Waals surface area contributed by atoms with Gasteiger partial charge in [0, 0.05) is 18.9 Å². The fourth-order valence-corrected chi connectivity index (χ4v) is 4.01. The van der Waals surface area contributed by atoms with Crippen molar-refractivity contribution in [1.82, 2.24) is 24.8 Å². The molecule has 1 aliphatic heterocycles. The molecule has 1 saturated heterocycles. The minimum Gasteiger partial charge on any atom is -0.328 e. The fraction of sp³-hybridized carbons (Fsp3) is 0.333. The highest BCUT2D eigenvalue weighted by Crippen LogP contribution is 2.31. The Hall–Kier alpha value is -3.75. The molecule has 9 heteroatoms. The van der Waals surface area contributed by atoms with Crippen LogP contribution < -0.4 is 5.32 Å². The number of hydrogen-bond donors (Lipinski definition) is 1. The van der Waals surface area contributed by atoms with Crippen molar-refractivity contribution in [3.8, 4) is 0 Å². The van der Waals surface area contributed by atoms with Crippen LogP contribution in [0.25, 0.3) is 0 Å². The van der Waals surface area contributed by atoms with Crippen LogP contribution in [0.3, 0.4) is 0 Å². The van der Waals surface area contributed by atoms with Gasteiger partial charge in [0.25, 0.3) is 11.8 Å². The van der Waals surface area contributed by atoms with E-state index in [9.17, 15) is 14.0 Å². The average molecular weight is 449 g/mol. The SMILES string of the molecule is Cc1ncc(C(=O)N2CCCCC2c2ncc(C(=O)Nc3ccccc3F)c(C)n2)c(C)n1. The van der Waals surface area contributed by atoms with Crippen LogP contribution in [-0.2, 0) is 0 Å². The molecule has 0 bridgehead atoms. The van der Waals surface area contributed by atoms with E-state index in [0.29, 0.717) is 35.1 Å². The standard InChI is InChI=1S/C24H25FN6O2/c1-14-17(23(32)30-20-9-5-4-8-19(20)25)12-27-22(29-14)21-10-6-7-11-31(21)24(33)18-13-26-16(3)28-15(18)2/h4-5,8-9,12-13,21H,6-7,10-11H2,1-3H3,(H,30,32). The van der Waals surface area contributed by atoms with E-state index in [0.717, 1.165) is 19.3 Å². The predicted octanol–water partition coefficient (Wildman–Crippen LogP) is 3.95. The lowest BCUT2D eigenvalue weighted by Crippen LogP contribution is -2.40. The first-order valence-corrected chi connectivity index (χ1v) is 10.9. The summed E-state index contributed by atoms with van der Waals surface area (Å²) in [4.78, 5) is 45.2. The maximum atomic E-state index is 13.9. The molecule has 3 aromatic rings. The summed E-state index contributed by atoms with van der Waals surface area (Å²) in [6.07, 6.45) is 5.54. The molecule has 1 N–H and O–H groups in total. The molecule has 1 aromatic carbocycles. The van der Waals surface area contributed by atoms with E-state index in [4.69, 9.17) is 0 Å². The molecule has 3 heterocycles. The summed E-state index contributed by atoms with van der Waals surface area (Å²) < 4.78 is 13.9. The Labute approximate surface area is 191 Å². The monoisotopic (exact) mass is 448 g/mol. The number of aryl methyl sites for hydroxylation is 3. The third-order valence-corrected chi connectivity index (χ3v) is 5.76. The van der Waals surface area contributed by atoms with Crippen molar-refractivity contribution >= 4 is 17.5 Å². The van der Waals surface area contributed by atoms with Crippen LogP contribution in [-0.4, -0.2) is 43.2 Å². The second-order valence-corrected chi connectivity index (χ2v) is 8.09. The molecule has 1 fully saturated rings. The van der Waals surface area contributed by atoms with Crippen molar-refractivity contribution in [2.75, 3.05) is 11.9 Å². The molecule has 0 saturated carbocycles. The Balaban J connectivity index is 1.58. The van der Waals surface area contributed by atoms with E-state index in [-0.39, 0.29) is 23.2 Å². The van der Waals surface area contributed by atoms with Crippen LogP contribution in [0.15, 0.2) is 36.7 Å². The van der Waals surface area contributed by atoms with E-state index in [1.807, 2.05) is 0 Å². The second kappa shape index (κ2) is 9.40. The third kappa shape index (κ3) is 4.72. The summed E-state index contributed by atoms with van der Waals surface area (Å²) in [6.45, 7) is 5.86. The number of piperidine rings is 1. The van der Waals surface area contributed by atoms with Gasteiger partial charge in [-0.2, -0.15) is 0 Å². The number of aromatic nitrogens is 4. The molecule has 0 aliphatic carbocycles. The number of nitrogens with one attached hydrogen (secondary N) is 1. The highest BCUT2D eigenvalue weighted by molar-refractivity contribution is 6.04. The first kappa shape index (κ1) is 22.4. The van der Waals surface area contributed by atoms with Gasteiger partial charge in [-0.15, -0.1) is 0 Å². The quantitative estimate of drug-likeness (QED) is 0.649. The van der Waals surface area contributed by atoms with Gasteiger partial charge >= 0.3 is 0 Å². The summed E-state index contributed by atoms with van der Waals surface area (Å²) >= 11 is 0. The number of para-hydroxylation sites is 1. The van der Waals surface area contributed by atoms with E-state index >= 15 is 0 Å². The van der Waals surface area contributed by atoms with Crippen LogP contribution in [0.4, 0.5) is 10.1 Å². The van der Waals surface area contributed by atoms with Gasteiger partial charge < -0.3 is 10.2 Å². The maximum Gasteiger partial charge on any atom is 0.259 e. The molecular weight excluding hydrogens is 423 g/mol. The van der Waals surface area contributed by atoms with Crippen molar-refractivity contribution in [2.24, 2.45) is 0 Å². The van der Waals surface area contributed by atoms with Gasteiger partial charge in [-0.25, -0.2) is 24.3 Å². The van der Waals surface area contributed by atoms with Crippen LogP contribution in [0.5, 0.6) is 0 Å². The van der Waals surface area contributed by atoms with E-state index in [1.54, 1.807) is 44.0 Å². The van der Waals surface area contributed by atoms with Gasteiger partial charge in [-0.05, 0) is 52.2 Å². The lowest BCUT2D eigenvalue weighted by atomic mass is 9.99. The number of carbonyl (C=O) groups is 2. The molecule has 2 aromatic heterocycles. The minimum atomic E-state index is -0.521. The van der Waals surface area contributed by atoms with Gasteiger partial charge in [0.1, 0.15) is 11.6 Å². The van der Waals surface area contributed by atoms with Crippen molar-refractivity contribution in [1.29, 1.82) is 0 Å². The van der Waals surface area contributed by atoms with Gasteiger partial charge in [-0.1, -0.05) is 12.1 Å². The molecule has 1 unspecified atom stereocenters. The van der Waals surface area contributed by atoms with Crippen LogP contribution >= 0.6 is 0 Å². The average Bonchev–Trinajstić information content (AvgIpc) is 2.80. The molecule has 1 atom stereocenters. The number of rotatable bonds is 4. The molecule has 2 amide bonds. The summed E-state index contributed by atoms with van der Waals surface area (Å²) in [5.74, 6) is -0.0723. The van der Waals surface area contributed by atoms with E-state index in [1.165, 1.54) is 18.3 Å². The number of halogens is 1. The van der Waals surface area contributed by atoms with Crippen molar-refractivity contribution in [3.63, 3.8) is 0 Å². The zero-order valence-electron chi connectivity index (χ0n) is 18.8. The smallest absolute Gasteiger partial charge is 0.259 e. The minimum absolute atomic E-state index is 0.0886. The van der Waals surface area contributed by atoms with E-state index < -0.39 is 11.7 Å². The highest BCUT2D eigenvalue weighted by atomic mass is 19.1. The number of likely N-dealkylation sites (tertiary alicyclic amines) is 1. The first-order chi connectivity index (χ1) is 15.8. The molecule has 0 radical (unpaired) electrons. The highest BCUT2D eigenvalue weighted by Gasteiger charge is 2.32. The number of benzene rings is 1. The topological polar surface area (TPSA) is 101 Å². The largest absolute Gasteiger partial charge is 0.328 e. The molecule has 170 valence electrons. The van der Waals surface area contributed by atoms with Crippen LogP contribution in [0.1, 0.15) is 69.1 Å². The molecule has 0 spiro atoms. The number of carbonyl (C=O) groups excluding carboxylic acids is 2. The number of amides is 2. The Kier molecular flexibility index (Phi) is 6.39. The third-order valence-electron chi connectivity index (χ3n) is 5.76. The van der Waals surface area contributed by atoms with Gasteiger partial charge in [0.15, 0.2) is 5.82 Å². The second-order valence-electron chi connectivity index (χ2n) is 8.09. The normalized spacial score (nSPS) is 15.9. The number of nitrogens with zero attached hydrogens (tertiary/aromatic N) is 5. The summed E-state index contributed by atoms with van der Waals surface area (Å²) in [6, 6.07) is 5.64. The lowest BCUT2D eigenvalue weighted by molar-refractivity contribution is 0.0597. The molecule has 4 rings (SSSR count). The summed E-state index contributed by atoms with van der Waals surface area (Å²) in [5, 5.41) is 2.55. The fourth-order valence-electron chi connectivity index (χ4n) is 4.01. The first-order valence-electron chi connectivity index (χ1n) is 10.9. The zero-order chi connectivity index (χ0) is 23.5. The van der Waals surface area contributed by atoms with Gasteiger partial charge in [0.05, 0.1) is 34.2 Å². The molecule has 33 heavy (non-hydrogen) atoms. The summed E-state index contributed by atoms with van der Waals surface area (Å²) in [7, 11) is 0. The van der Waals surface area contributed by atoms with Crippen LogP contribution in [0.2, 0.25) is 0 Å². The van der Waals surface area contributed by atoms with Crippen molar-refractivity contribution in [3.05, 3.63) is 76.6 Å². The van der Waals surface area contributed by atoms with Gasteiger partial charge in [-0.3, -0.25) is 9.59 Å². The molecule has 8 nitrogen and oxygen atoms in total. The zero-order valence-corrected chi connectivity index (χ0v) is 18.8. The number of anilines is 1. The predicted molar refractivity (Wildman–Crippen MR) is 120 cm³/mol. The Morgan fingerprint density at radius 1 is 1.00 bits per heavy atom. The molecule has 1 aliphatic rings. The number of hydrogen-bond acceptors (Lipinski definition) is 6.